The van der Waals surface area contributed by atoms with Crippen molar-refractivity contribution in [2.75, 3.05) is 26.2 Å². The van der Waals surface area contributed by atoms with Gasteiger partial charge in [-0.25, -0.2) is 0 Å². The molecule has 0 aromatic heterocycles. The van der Waals surface area contributed by atoms with Crippen LogP contribution in [0.1, 0.15) is 183 Å². The fraction of sp³-hybridized carbons (Fsp3) is 0.962. The maximum Gasteiger partial charge on any atom is 0.222 e. The number of nitrogens with zero attached hydrogens (tertiary/aromatic N) is 2. The number of rotatable bonds is 8. The summed E-state index contributed by atoms with van der Waals surface area (Å²) >= 11 is 0. The fourth-order valence-corrected chi connectivity index (χ4v) is 19.0. The molecule has 0 bridgehead atoms. The Labute approximate surface area is 354 Å². The molecule has 8 aliphatic carbocycles. The highest BCUT2D eigenvalue weighted by Crippen LogP contribution is 2.70. The third-order valence-electron chi connectivity index (χ3n) is 22.4. The molecule has 0 spiro atoms. The summed E-state index contributed by atoms with van der Waals surface area (Å²) in [4.78, 5) is 31.4. The predicted octanol–water partition coefficient (Wildman–Crippen LogP) is 10.5. The molecule has 1 heterocycles. The Morgan fingerprint density at radius 1 is 0.500 bits per heavy atom. The number of aliphatic hydroxyl groups excluding tert-OH is 2. The highest BCUT2D eigenvalue weighted by molar-refractivity contribution is 5.78. The first-order valence-corrected chi connectivity index (χ1v) is 25.6. The van der Waals surface area contributed by atoms with Crippen LogP contribution in [0.2, 0.25) is 0 Å². The Morgan fingerprint density at radius 3 is 1.26 bits per heavy atom. The minimum absolute atomic E-state index is 0.0686. The van der Waals surface area contributed by atoms with Crippen molar-refractivity contribution in [3.63, 3.8) is 0 Å². The van der Waals surface area contributed by atoms with Gasteiger partial charge in [0.25, 0.3) is 0 Å². The van der Waals surface area contributed by atoms with Crippen LogP contribution in [0, 0.1) is 92.7 Å². The third-order valence-corrected chi connectivity index (χ3v) is 22.4. The second-order valence-corrected chi connectivity index (χ2v) is 24.4. The molecule has 0 aromatic carbocycles. The number of fused-ring (bicyclic) bond motifs is 10. The van der Waals surface area contributed by atoms with E-state index in [0.717, 1.165) is 97.7 Å². The van der Waals surface area contributed by atoms with E-state index in [-0.39, 0.29) is 12.2 Å². The number of aliphatic hydroxyl groups is 2. The largest absolute Gasteiger partial charge is 0.393 e. The summed E-state index contributed by atoms with van der Waals surface area (Å²) in [5.41, 5.74) is 1.70. The van der Waals surface area contributed by atoms with Crippen molar-refractivity contribution in [3.05, 3.63) is 0 Å². The van der Waals surface area contributed by atoms with E-state index in [1.807, 2.05) is 0 Å². The van der Waals surface area contributed by atoms with Crippen molar-refractivity contribution >= 4 is 11.8 Å². The summed E-state index contributed by atoms with van der Waals surface area (Å²) < 4.78 is 0. The molecule has 328 valence electrons. The Morgan fingerprint density at radius 2 is 0.862 bits per heavy atom. The standard InChI is InChI=1S/C52H86N2O4/c1-33(41-13-15-43-39-11-9-35-31-37(55)19-23-49(35,3)45(39)21-25-51(41,43)5)7-17-47(57)53-27-29-54(30-28-53)48(58)18-8-34(2)42-14-16-44-40-12-10-36-32-38(56)20-24-50(36,4)46(40)22-26-52(42,44)6/h33-46,55-56H,7-32H2,1-6H3/t33-,34-,35?,36?,37-,38-,39+,40+,41-,42-,43+,44+,45+,46+,49+,50+,51-,52-/m1/s1. The molecule has 9 aliphatic rings. The molecule has 6 heteroatoms. The molecule has 6 nitrogen and oxygen atoms in total. The highest BCUT2D eigenvalue weighted by atomic mass is 16.3. The van der Waals surface area contributed by atoms with Gasteiger partial charge in [0.15, 0.2) is 0 Å². The van der Waals surface area contributed by atoms with Gasteiger partial charge in [0.2, 0.25) is 11.8 Å². The van der Waals surface area contributed by atoms with Crippen LogP contribution in [0.15, 0.2) is 0 Å². The van der Waals surface area contributed by atoms with E-state index in [2.05, 4.69) is 51.3 Å². The lowest BCUT2D eigenvalue weighted by Crippen LogP contribution is -2.54. The van der Waals surface area contributed by atoms with Crippen molar-refractivity contribution in [2.24, 2.45) is 92.7 Å². The van der Waals surface area contributed by atoms with Gasteiger partial charge in [-0.05, 0) is 221 Å². The average molecular weight is 803 g/mol. The van der Waals surface area contributed by atoms with Gasteiger partial charge in [0.1, 0.15) is 0 Å². The van der Waals surface area contributed by atoms with E-state index in [0.29, 0.717) is 84.3 Å². The van der Waals surface area contributed by atoms with Gasteiger partial charge >= 0.3 is 0 Å². The summed E-state index contributed by atoms with van der Waals surface area (Å²) in [7, 11) is 0. The summed E-state index contributed by atoms with van der Waals surface area (Å²) in [6.07, 6.45) is 26.0. The first-order chi connectivity index (χ1) is 27.7. The quantitative estimate of drug-likeness (QED) is 0.256. The van der Waals surface area contributed by atoms with Crippen molar-refractivity contribution in [3.8, 4) is 0 Å². The molecule has 0 radical (unpaired) electrons. The molecule has 9 fully saturated rings. The lowest BCUT2D eigenvalue weighted by molar-refractivity contribution is -0.140. The monoisotopic (exact) mass is 803 g/mol. The third kappa shape index (κ3) is 6.99. The van der Waals surface area contributed by atoms with E-state index in [9.17, 15) is 19.8 Å². The van der Waals surface area contributed by atoms with Crippen molar-refractivity contribution in [1.82, 2.24) is 9.80 Å². The van der Waals surface area contributed by atoms with Gasteiger partial charge in [-0.3, -0.25) is 9.59 Å². The average Bonchev–Trinajstić information content (AvgIpc) is 3.76. The zero-order chi connectivity index (χ0) is 40.8. The number of hydrogen-bond acceptors (Lipinski definition) is 4. The number of carbonyl (C=O) groups excluding carboxylic acids is 2. The first-order valence-electron chi connectivity index (χ1n) is 25.6. The number of hydrogen-bond donors (Lipinski definition) is 2. The molecule has 8 saturated carbocycles. The zero-order valence-electron chi connectivity index (χ0n) is 38.1. The van der Waals surface area contributed by atoms with Gasteiger partial charge in [-0.2, -0.15) is 0 Å². The summed E-state index contributed by atoms with van der Waals surface area (Å²) in [5.74, 6) is 9.77. The first kappa shape index (κ1) is 42.2. The van der Waals surface area contributed by atoms with Gasteiger partial charge in [-0.15, -0.1) is 0 Å². The predicted molar refractivity (Wildman–Crippen MR) is 232 cm³/mol. The summed E-state index contributed by atoms with van der Waals surface area (Å²) in [5, 5.41) is 20.9. The molecule has 1 aliphatic heterocycles. The summed E-state index contributed by atoms with van der Waals surface area (Å²) in [6, 6.07) is 0. The van der Waals surface area contributed by atoms with E-state index in [1.54, 1.807) is 0 Å². The van der Waals surface area contributed by atoms with Gasteiger partial charge in [-0.1, -0.05) is 41.5 Å². The minimum Gasteiger partial charge on any atom is -0.393 e. The van der Waals surface area contributed by atoms with Gasteiger partial charge < -0.3 is 20.0 Å². The topological polar surface area (TPSA) is 81.1 Å². The molecule has 58 heavy (non-hydrogen) atoms. The van der Waals surface area contributed by atoms with E-state index < -0.39 is 0 Å². The molecule has 2 amide bonds. The molecular formula is C52H86N2O4. The molecular weight excluding hydrogens is 717 g/mol. The van der Waals surface area contributed by atoms with Crippen LogP contribution in [0.25, 0.3) is 0 Å². The van der Waals surface area contributed by atoms with E-state index in [4.69, 9.17) is 0 Å². The maximum absolute atomic E-state index is 13.6. The van der Waals surface area contributed by atoms with E-state index in [1.165, 1.54) is 89.9 Å². The summed E-state index contributed by atoms with van der Waals surface area (Å²) in [6.45, 7) is 18.2. The van der Waals surface area contributed by atoms with Crippen LogP contribution >= 0.6 is 0 Å². The second kappa shape index (κ2) is 15.9. The lowest BCUT2D eigenvalue weighted by atomic mass is 9.44. The van der Waals surface area contributed by atoms with Crippen LogP contribution in [-0.2, 0) is 9.59 Å². The maximum atomic E-state index is 13.6. The highest BCUT2D eigenvalue weighted by Gasteiger charge is 2.62. The van der Waals surface area contributed by atoms with Crippen LogP contribution in [0.4, 0.5) is 0 Å². The van der Waals surface area contributed by atoms with E-state index >= 15 is 0 Å². The molecule has 9 rings (SSSR count). The Kier molecular flexibility index (Phi) is 11.6. The van der Waals surface area contributed by atoms with Crippen LogP contribution < -0.4 is 0 Å². The zero-order valence-corrected chi connectivity index (χ0v) is 38.1. The molecule has 2 N–H and O–H groups in total. The van der Waals surface area contributed by atoms with Gasteiger partial charge in [0, 0.05) is 39.0 Å². The number of amides is 2. The lowest BCUT2D eigenvalue weighted by Gasteiger charge is -2.61. The smallest absolute Gasteiger partial charge is 0.222 e. The van der Waals surface area contributed by atoms with Crippen LogP contribution in [0.5, 0.6) is 0 Å². The number of piperazine rings is 1. The van der Waals surface area contributed by atoms with Gasteiger partial charge in [0.05, 0.1) is 12.2 Å². The Balaban J connectivity index is 0.714. The molecule has 2 unspecified atom stereocenters. The minimum atomic E-state index is -0.0686. The molecule has 0 aromatic rings. The van der Waals surface area contributed by atoms with Crippen molar-refractivity contribution in [2.45, 2.75) is 195 Å². The van der Waals surface area contributed by atoms with Crippen molar-refractivity contribution in [1.29, 1.82) is 0 Å². The second-order valence-electron chi connectivity index (χ2n) is 24.4. The normalized spacial score (nSPS) is 49.7. The molecule has 1 saturated heterocycles. The Hall–Kier alpha value is -1.14. The number of carbonyl (C=O) groups is 2. The van der Waals surface area contributed by atoms with Crippen molar-refractivity contribution < 1.29 is 19.8 Å². The SMILES string of the molecule is C[C@H](CCC(=O)N1CCN(C(=O)CC[C@@H](C)[C@H]2CC[C@H]3[C@@H]4CCC5C[C@H](O)CC[C@]5(C)[C@H]4CC[C@]23C)CC1)[C@H]1CC[C@H]2[C@@H]3CCC4C[C@H](O)CC[C@]4(C)[C@H]3CC[C@]12C. The van der Waals surface area contributed by atoms with Crippen LogP contribution in [-0.4, -0.2) is 70.2 Å². The molecule has 18 atom stereocenters. The van der Waals surface area contributed by atoms with Crippen LogP contribution in [0.3, 0.4) is 0 Å². The fourth-order valence-electron chi connectivity index (χ4n) is 19.0. The Bertz CT molecular complexity index is 1400.